The Bertz CT molecular complexity index is 1440. The number of para-hydroxylation sites is 1. The van der Waals surface area contributed by atoms with E-state index in [1.807, 2.05) is 30.3 Å². The fourth-order valence-electron chi connectivity index (χ4n) is 3.21. The first-order valence-electron chi connectivity index (χ1n) is 10.5. The topological polar surface area (TPSA) is 84.5 Å². The van der Waals surface area contributed by atoms with E-state index in [1.165, 1.54) is 42.5 Å². The molecule has 0 aliphatic rings. The van der Waals surface area contributed by atoms with Crippen molar-refractivity contribution in [3.05, 3.63) is 118 Å². The van der Waals surface area contributed by atoms with E-state index in [2.05, 4.69) is 10.0 Å². The maximum absolute atomic E-state index is 13.0. The molecule has 0 fully saturated rings. The van der Waals surface area contributed by atoms with Crippen LogP contribution in [0.5, 0.6) is 11.5 Å². The molecule has 9 heteroatoms. The number of benzene rings is 4. The maximum atomic E-state index is 13.0. The lowest BCUT2D eigenvalue weighted by Crippen LogP contribution is -2.25. The minimum atomic E-state index is -4.00. The van der Waals surface area contributed by atoms with Gasteiger partial charge in [0, 0.05) is 11.6 Å². The minimum Gasteiger partial charge on any atom is -0.456 e. The Morgan fingerprint density at radius 3 is 2.23 bits per heavy atom. The number of sulfonamides is 1. The van der Waals surface area contributed by atoms with Crippen LogP contribution in [0, 0.1) is 0 Å². The molecule has 0 unspecified atom stereocenters. The lowest BCUT2D eigenvalue weighted by Gasteiger charge is -2.14. The highest BCUT2D eigenvalue weighted by Crippen LogP contribution is 2.30. The summed E-state index contributed by atoms with van der Waals surface area (Å²) in [5.74, 6) is 0.414. The van der Waals surface area contributed by atoms with E-state index in [1.54, 1.807) is 24.3 Å². The van der Waals surface area contributed by atoms with Crippen molar-refractivity contribution in [2.45, 2.75) is 11.4 Å². The Morgan fingerprint density at radius 1 is 0.829 bits per heavy atom. The molecule has 0 bridgehead atoms. The van der Waals surface area contributed by atoms with Crippen molar-refractivity contribution in [3.8, 4) is 11.5 Å². The summed E-state index contributed by atoms with van der Waals surface area (Å²) in [5.41, 5.74) is 1.12. The van der Waals surface area contributed by atoms with Crippen LogP contribution in [-0.4, -0.2) is 14.3 Å². The summed E-state index contributed by atoms with van der Waals surface area (Å²) in [5, 5.41) is 3.53. The van der Waals surface area contributed by atoms with Crippen LogP contribution in [0.15, 0.2) is 102 Å². The molecule has 35 heavy (non-hydrogen) atoms. The third-order valence-electron chi connectivity index (χ3n) is 4.96. The predicted molar refractivity (Wildman–Crippen MR) is 138 cm³/mol. The molecule has 0 aliphatic carbocycles. The van der Waals surface area contributed by atoms with Crippen molar-refractivity contribution in [2.24, 2.45) is 0 Å². The fraction of sp³-hybridized carbons (Fsp3) is 0.0385. The molecule has 0 heterocycles. The summed E-state index contributed by atoms with van der Waals surface area (Å²) in [6.45, 7) is 0.283. The molecule has 0 radical (unpaired) electrons. The molecular weight excluding hydrogens is 507 g/mol. The van der Waals surface area contributed by atoms with E-state index < -0.39 is 15.9 Å². The smallest absolute Gasteiger partial charge is 0.261 e. The second-order valence-electron chi connectivity index (χ2n) is 7.47. The number of carbonyl (C=O) groups is 1. The second kappa shape index (κ2) is 10.8. The van der Waals surface area contributed by atoms with Gasteiger partial charge in [-0.1, -0.05) is 65.7 Å². The molecule has 0 saturated carbocycles. The summed E-state index contributed by atoms with van der Waals surface area (Å²) in [7, 11) is -4.00. The van der Waals surface area contributed by atoms with Crippen molar-refractivity contribution in [2.75, 3.05) is 4.72 Å². The van der Waals surface area contributed by atoms with E-state index in [4.69, 9.17) is 27.9 Å². The number of rotatable bonds is 8. The number of hydrogen-bond donors (Lipinski definition) is 2. The zero-order valence-corrected chi connectivity index (χ0v) is 20.6. The van der Waals surface area contributed by atoms with Gasteiger partial charge in [-0.25, -0.2) is 8.42 Å². The minimum absolute atomic E-state index is 0.00500. The van der Waals surface area contributed by atoms with Crippen LogP contribution in [0.1, 0.15) is 15.9 Å². The lowest BCUT2D eigenvalue weighted by molar-refractivity contribution is 0.0952. The molecule has 0 aliphatic heterocycles. The third kappa shape index (κ3) is 6.33. The Kier molecular flexibility index (Phi) is 7.60. The Hall–Kier alpha value is -3.52. The van der Waals surface area contributed by atoms with Crippen molar-refractivity contribution < 1.29 is 17.9 Å². The van der Waals surface area contributed by atoms with Gasteiger partial charge >= 0.3 is 0 Å². The first-order valence-corrected chi connectivity index (χ1v) is 12.7. The van der Waals surface area contributed by atoms with Crippen LogP contribution in [0.3, 0.4) is 0 Å². The zero-order valence-electron chi connectivity index (χ0n) is 18.2. The Balaban J connectivity index is 1.51. The van der Waals surface area contributed by atoms with Gasteiger partial charge in [0.05, 0.1) is 21.2 Å². The number of ether oxygens (including phenoxy) is 1. The molecular formula is C26H20Cl2N2O4S. The lowest BCUT2D eigenvalue weighted by atomic mass is 10.1. The number of amides is 1. The summed E-state index contributed by atoms with van der Waals surface area (Å²) in [6, 6.07) is 26.6. The van der Waals surface area contributed by atoms with Crippen LogP contribution in [-0.2, 0) is 16.6 Å². The molecule has 0 saturated heterocycles. The predicted octanol–water partition coefficient (Wildman–Crippen LogP) is 6.52. The highest BCUT2D eigenvalue weighted by Gasteiger charge is 2.19. The van der Waals surface area contributed by atoms with Gasteiger partial charge in [-0.2, -0.15) is 0 Å². The normalized spacial score (nSPS) is 11.0. The first kappa shape index (κ1) is 24.6. The summed E-state index contributed by atoms with van der Waals surface area (Å²) < 4.78 is 34.2. The second-order valence-corrected chi connectivity index (χ2v) is 9.99. The number of nitrogens with one attached hydrogen (secondary N) is 2. The standard InChI is InChI=1S/C26H20Cl2N2O4S/c27-19-10-15-24(22(16-19)26(31)29-17-18-6-2-1-3-7-18)30-35(32,33)21-13-11-20(12-14-21)34-25-9-5-4-8-23(25)28/h1-16,30H,17H2,(H,29,31). The quantitative estimate of drug-likeness (QED) is 0.273. The first-order chi connectivity index (χ1) is 16.8. The monoisotopic (exact) mass is 526 g/mol. The SMILES string of the molecule is O=C(NCc1ccccc1)c1cc(Cl)ccc1NS(=O)(=O)c1ccc(Oc2ccccc2Cl)cc1. The van der Waals surface area contributed by atoms with Gasteiger partial charge in [0.25, 0.3) is 15.9 Å². The summed E-state index contributed by atoms with van der Waals surface area (Å²) in [6.07, 6.45) is 0. The molecule has 0 spiro atoms. The molecule has 0 aromatic heterocycles. The molecule has 4 aromatic carbocycles. The van der Waals surface area contributed by atoms with E-state index in [0.717, 1.165) is 5.56 Å². The van der Waals surface area contributed by atoms with E-state index in [0.29, 0.717) is 21.5 Å². The van der Waals surface area contributed by atoms with Crippen LogP contribution < -0.4 is 14.8 Å². The molecule has 4 aromatic rings. The average molecular weight is 527 g/mol. The highest BCUT2D eigenvalue weighted by molar-refractivity contribution is 7.92. The molecule has 178 valence electrons. The van der Waals surface area contributed by atoms with E-state index >= 15 is 0 Å². The number of halogens is 2. The van der Waals surface area contributed by atoms with E-state index in [9.17, 15) is 13.2 Å². The van der Waals surface area contributed by atoms with Gasteiger partial charge in [0.15, 0.2) is 0 Å². The van der Waals surface area contributed by atoms with Gasteiger partial charge in [-0.3, -0.25) is 9.52 Å². The Labute approximate surface area is 213 Å². The van der Waals surface area contributed by atoms with E-state index in [-0.39, 0.29) is 22.7 Å². The zero-order chi connectivity index (χ0) is 24.8. The van der Waals surface area contributed by atoms with Crippen molar-refractivity contribution in [1.82, 2.24) is 5.32 Å². The van der Waals surface area contributed by atoms with Crippen LogP contribution in [0.25, 0.3) is 0 Å². The third-order valence-corrected chi connectivity index (χ3v) is 6.89. The van der Waals surface area contributed by atoms with Gasteiger partial charge < -0.3 is 10.1 Å². The molecule has 6 nitrogen and oxygen atoms in total. The summed E-state index contributed by atoms with van der Waals surface area (Å²) in [4.78, 5) is 12.8. The number of anilines is 1. The van der Waals surface area contributed by atoms with Gasteiger partial charge in [-0.15, -0.1) is 0 Å². The number of carbonyl (C=O) groups excluding carboxylic acids is 1. The van der Waals surface area contributed by atoms with Gasteiger partial charge in [0.2, 0.25) is 0 Å². The average Bonchev–Trinajstić information content (AvgIpc) is 2.86. The largest absolute Gasteiger partial charge is 0.456 e. The molecule has 1 amide bonds. The van der Waals surface area contributed by atoms with Gasteiger partial charge in [-0.05, 0) is 60.2 Å². The van der Waals surface area contributed by atoms with Crippen LogP contribution >= 0.6 is 23.2 Å². The molecule has 0 atom stereocenters. The van der Waals surface area contributed by atoms with Crippen molar-refractivity contribution >= 4 is 44.8 Å². The van der Waals surface area contributed by atoms with Crippen molar-refractivity contribution in [3.63, 3.8) is 0 Å². The van der Waals surface area contributed by atoms with Crippen LogP contribution in [0.2, 0.25) is 10.0 Å². The highest BCUT2D eigenvalue weighted by atomic mass is 35.5. The van der Waals surface area contributed by atoms with Crippen molar-refractivity contribution in [1.29, 1.82) is 0 Å². The fourth-order valence-corrected chi connectivity index (χ4v) is 4.64. The number of hydrogen-bond acceptors (Lipinski definition) is 4. The Morgan fingerprint density at radius 2 is 1.51 bits per heavy atom. The summed E-state index contributed by atoms with van der Waals surface area (Å²) >= 11 is 12.2. The molecule has 4 rings (SSSR count). The maximum Gasteiger partial charge on any atom is 0.261 e. The van der Waals surface area contributed by atoms with Crippen LogP contribution in [0.4, 0.5) is 5.69 Å². The van der Waals surface area contributed by atoms with Gasteiger partial charge in [0.1, 0.15) is 11.5 Å². The molecule has 2 N–H and O–H groups in total.